The van der Waals surface area contributed by atoms with Crippen LogP contribution in [0.5, 0.6) is 11.5 Å². The number of methoxy groups -OCH3 is 2. The number of hydrogen-bond acceptors (Lipinski definition) is 6. The molecule has 0 radical (unpaired) electrons. The number of benzene rings is 1. The molecule has 1 heterocycles. The fraction of sp³-hybridized carbons (Fsp3) is 0.471. The standard InChI is InChI=1S/C17H23N3O5/c1-11(2)20-16(22)15(21)19(17(20)23)10-18(3)9-12-6-7-13(24-4)14(8-12)25-5/h6-8,11H,9-10H2,1-5H3. The minimum Gasteiger partial charge on any atom is -0.493 e. The van der Waals surface area contributed by atoms with Gasteiger partial charge in [-0.15, -0.1) is 0 Å². The van der Waals surface area contributed by atoms with Gasteiger partial charge >= 0.3 is 17.8 Å². The third kappa shape index (κ3) is 3.74. The van der Waals surface area contributed by atoms with Crippen LogP contribution in [0.15, 0.2) is 18.2 Å². The van der Waals surface area contributed by atoms with Crippen LogP contribution in [-0.2, 0) is 16.1 Å². The first kappa shape index (κ1) is 18.7. The van der Waals surface area contributed by atoms with Crippen molar-refractivity contribution in [2.24, 2.45) is 0 Å². The van der Waals surface area contributed by atoms with Gasteiger partial charge < -0.3 is 9.47 Å². The Balaban J connectivity index is 2.08. The Morgan fingerprint density at radius 1 is 1.04 bits per heavy atom. The molecule has 8 nitrogen and oxygen atoms in total. The van der Waals surface area contributed by atoms with E-state index in [0.29, 0.717) is 18.0 Å². The Bertz CT molecular complexity index is 689. The number of nitrogens with zero attached hydrogens (tertiary/aromatic N) is 3. The van der Waals surface area contributed by atoms with Crippen molar-refractivity contribution in [1.82, 2.24) is 14.7 Å². The number of hydrogen-bond donors (Lipinski definition) is 0. The van der Waals surface area contributed by atoms with E-state index in [1.165, 1.54) is 0 Å². The molecule has 0 aromatic heterocycles. The van der Waals surface area contributed by atoms with Crippen LogP contribution in [0.2, 0.25) is 0 Å². The van der Waals surface area contributed by atoms with E-state index in [-0.39, 0.29) is 12.7 Å². The Morgan fingerprint density at radius 2 is 1.68 bits per heavy atom. The maximum Gasteiger partial charge on any atom is 0.335 e. The van der Waals surface area contributed by atoms with Gasteiger partial charge in [0.2, 0.25) is 0 Å². The Labute approximate surface area is 146 Å². The lowest BCUT2D eigenvalue weighted by Crippen LogP contribution is -2.41. The van der Waals surface area contributed by atoms with Crippen molar-refractivity contribution in [2.75, 3.05) is 27.9 Å². The number of carbonyl (C=O) groups is 3. The summed E-state index contributed by atoms with van der Waals surface area (Å²) in [7, 11) is 4.88. The summed E-state index contributed by atoms with van der Waals surface area (Å²) in [4.78, 5) is 40.0. The summed E-state index contributed by atoms with van der Waals surface area (Å²) >= 11 is 0. The first-order valence-electron chi connectivity index (χ1n) is 7.88. The average Bonchev–Trinajstić information content (AvgIpc) is 2.78. The number of ether oxygens (including phenoxy) is 2. The molecule has 1 fully saturated rings. The van der Waals surface area contributed by atoms with Gasteiger partial charge in [-0.25, -0.2) is 9.69 Å². The summed E-state index contributed by atoms with van der Waals surface area (Å²) < 4.78 is 10.5. The van der Waals surface area contributed by atoms with E-state index in [4.69, 9.17) is 9.47 Å². The van der Waals surface area contributed by atoms with Crippen LogP contribution in [-0.4, -0.2) is 66.5 Å². The molecule has 25 heavy (non-hydrogen) atoms. The van der Waals surface area contributed by atoms with Crippen molar-refractivity contribution >= 4 is 17.8 Å². The van der Waals surface area contributed by atoms with E-state index < -0.39 is 17.8 Å². The van der Waals surface area contributed by atoms with Crippen molar-refractivity contribution in [1.29, 1.82) is 0 Å². The highest BCUT2D eigenvalue weighted by molar-refractivity contribution is 6.44. The topological polar surface area (TPSA) is 79.4 Å². The van der Waals surface area contributed by atoms with Crippen LogP contribution in [0.4, 0.5) is 4.79 Å². The van der Waals surface area contributed by atoms with Crippen LogP contribution < -0.4 is 9.47 Å². The monoisotopic (exact) mass is 349 g/mol. The van der Waals surface area contributed by atoms with E-state index >= 15 is 0 Å². The van der Waals surface area contributed by atoms with E-state index in [1.54, 1.807) is 46.1 Å². The number of urea groups is 1. The molecule has 0 atom stereocenters. The molecule has 0 N–H and O–H groups in total. The normalized spacial score (nSPS) is 14.9. The molecule has 4 amide bonds. The summed E-state index contributed by atoms with van der Waals surface area (Å²) in [6.45, 7) is 3.88. The number of amides is 4. The molecule has 1 aliphatic heterocycles. The lowest BCUT2D eigenvalue weighted by atomic mass is 10.2. The Morgan fingerprint density at radius 3 is 2.20 bits per heavy atom. The molecule has 2 rings (SSSR count). The maximum absolute atomic E-state index is 12.3. The molecule has 1 aromatic rings. The number of imide groups is 2. The first-order valence-corrected chi connectivity index (χ1v) is 7.88. The van der Waals surface area contributed by atoms with Gasteiger partial charge in [-0.3, -0.25) is 19.4 Å². The van der Waals surface area contributed by atoms with Gasteiger partial charge in [0.15, 0.2) is 11.5 Å². The third-order valence-corrected chi connectivity index (χ3v) is 3.88. The van der Waals surface area contributed by atoms with E-state index in [1.807, 2.05) is 12.1 Å². The van der Waals surface area contributed by atoms with Gasteiger partial charge in [0, 0.05) is 12.6 Å². The molecule has 0 aliphatic carbocycles. The lowest BCUT2D eigenvalue weighted by molar-refractivity contribution is -0.144. The second kappa shape index (κ2) is 7.52. The Hall–Kier alpha value is -2.61. The van der Waals surface area contributed by atoms with Crippen molar-refractivity contribution < 1.29 is 23.9 Å². The van der Waals surface area contributed by atoms with E-state index in [0.717, 1.165) is 15.4 Å². The van der Waals surface area contributed by atoms with Crippen LogP contribution >= 0.6 is 0 Å². The lowest BCUT2D eigenvalue weighted by Gasteiger charge is -2.23. The quantitative estimate of drug-likeness (QED) is 0.545. The second-order valence-corrected chi connectivity index (χ2v) is 6.13. The predicted octanol–water partition coefficient (Wildman–Crippen LogP) is 1.29. The summed E-state index contributed by atoms with van der Waals surface area (Å²) in [5.41, 5.74) is 0.922. The van der Waals surface area contributed by atoms with Gasteiger partial charge in [0.25, 0.3) is 0 Å². The molecule has 1 aromatic carbocycles. The molecule has 0 bridgehead atoms. The molecule has 8 heteroatoms. The van der Waals surface area contributed by atoms with Gasteiger partial charge in [-0.1, -0.05) is 6.07 Å². The van der Waals surface area contributed by atoms with Crippen LogP contribution in [0.25, 0.3) is 0 Å². The van der Waals surface area contributed by atoms with Crippen molar-refractivity contribution in [3.63, 3.8) is 0 Å². The third-order valence-electron chi connectivity index (χ3n) is 3.88. The summed E-state index contributed by atoms with van der Waals surface area (Å²) in [6.07, 6.45) is 0. The van der Waals surface area contributed by atoms with Gasteiger partial charge in [-0.2, -0.15) is 0 Å². The largest absolute Gasteiger partial charge is 0.493 e. The summed E-state index contributed by atoms with van der Waals surface area (Å²) in [6, 6.07) is 4.55. The fourth-order valence-electron chi connectivity index (χ4n) is 2.68. The summed E-state index contributed by atoms with van der Waals surface area (Å²) in [5, 5.41) is 0. The smallest absolute Gasteiger partial charge is 0.335 e. The molecule has 0 spiro atoms. The maximum atomic E-state index is 12.3. The van der Waals surface area contributed by atoms with Crippen LogP contribution in [0.3, 0.4) is 0 Å². The Kier molecular flexibility index (Phi) is 5.63. The molecule has 1 saturated heterocycles. The SMILES string of the molecule is COc1ccc(CN(C)CN2C(=O)C(=O)N(C(C)C)C2=O)cc1OC. The first-order chi connectivity index (χ1) is 11.8. The molecule has 136 valence electrons. The molecular formula is C17H23N3O5. The van der Waals surface area contributed by atoms with Crippen LogP contribution in [0, 0.1) is 0 Å². The van der Waals surface area contributed by atoms with Gasteiger partial charge in [-0.05, 0) is 38.6 Å². The predicted molar refractivity (Wildman–Crippen MR) is 90.1 cm³/mol. The van der Waals surface area contributed by atoms with E-state index in [9.17, 15) is 14.4 Å². The van der Waals surface area contributed by atoms with Gasteiger partial charge in [0.1, 0.15) is 0 Å². The minimum absolute atomic E-state index is 0.0287. The minimum atomic E-state index is -0.794. The zero-order valence-corrected chi connectivity index (χ0v) is 15.1. The second-order valence-electron chi connectivity index (χ2n) is 6.13. The van der Waals surface area contributed by atoms with Crippen molar-refractivity contribution in [3.8, 4) is 11.5 Å². The molecular weight excluding hydrogens is 326 g/mol. The zero-order valence-electron chi connectivity index (χ0n) is 15.1. The van der Waals surface area contributed by atoms with Gasteiger partial charge in [0.05, 0.1) is 20.9 Å². The fourth-order valence-corrected chi connectivity index (χ4v) is 2.68. The molecule has 1 aliphatic rings. The molecule has 0 unspecified atom stereocenters. The highest BCUT2D eigenvalue weighted by Crippen LogP contribution is 2.28. The zero-order chi connectivity index (χ0) is 18.7. The average molecular weight is 349 g/mol. The van der Waals surface area contributed by atoms with Crippen LogP contribution in [0.1, 0.15) is 19.4 Å². The highest BCUT2D eigenvalue weighted by atomic mass is 16.5. The van der Waals surface area contributed by atoms with Crippen molar-refractivity contribution in [2.45, 2.75) is 26.4 Å². The molecule has 0 saturated carbocycles. The van der Waals surface area contributed by atoms with Crippen molar-refractivity contribution in [3.05, 3.63) is 23.8 Å². The summed E-state index contributed by atoms with van der Waals surface area (Å²) in [5.74, 6) is -0.350. The number of carbonyl (C=O) groups excluding carboxylic acids is 3. The van der Waals surface area contributed by atoms with E-state index in [2.05, 4.69) is 0 Å². The number of rotatable bonds is 7. The highest BCUT2D eigenvalue weighted by Gasteiger charge is 2.45.